The molecule has 5 heteroatoms. The molecule has 19 heavy (non-hydrogen) atoms. The fourth-order valence-corrected chi connectivity index (χ4v) is 3.02. The second-order valence-electron chi connectivity index (χ2n) is 4.86. The Labute approximate surface area is 117 Å². The topological polar surface area (TPSA) is 72.2 Å². The van der Waals surface area contributed by atoms with Crippen molar-refractivity contribution in [2.24, 2.45) is 11.7 Å². The normalized spacial score (nSPS) is 12.4. The minimum atomic E-state index is -0.921. The van der Waals surface area contributed by atoms with Gasteiger partial charge in [-0.15, -0.1) is 0 Å². The van der Waals surface area contributed by atoms with Gasteiger partial charge in [0, 0.05) is 41.0 Å². The molecule has 106 valence electrons. The molecule has 0 fully saturated rings. The van der Waals surface area contributed by atoms with Crippen molar-refractivity contribution >= 4 is 22.4 Å². The zero-order valence-corrected chi connectivity index (χ0v) is 12.3. The summed E-state index contributed by atoms with van der Waals surface area (Å²) >= 11 is 0. The van der Waals surface area contributed by atoms with Gasteiger partial charge in [0.1, 0.15) is 0 Å². The average molecular weight is 282 g/mol. The van der Waals surface area contributed by atoms with Crippen molar-refractivity contribution in [2.45, 2.75) is 26.8 Å². The molecular weight excluding hydrogens is 260 g/mol. The van der Waals surface area contributed by atoms with E-state index in [1.165, 1.54) is 0 Å². The van der Waals surface area contributed by atoms with Crippen molar-refractivity contribution in [3.63, 3.8) is 0 Å². The van der Waals surface area contributed by atoms with Crippen LogP contribution in [0.1, 0.15) is 25.8 Å². The number of nitrogens with two attached hydrogens (primary N) is 1. The number of rotatable bonds is 7. The molecule has 0 spiro atoms. The van der Waals surface area contributed by atoms with E-state index in [4.69, 9.17) is 5.73 Å². The number of anilines is 1. The zero-order valence-electron chi connectivity index (χ0n) is 11.5. The number of amides is 1. The Morgan fingerprint density at radius 1 is 1.37 bits per heavy atom. The molecule has 1 rings (SSSR count). The molecule has 0 heterocycles. The van der Waals surface area contributed by atoms with E-state index in [9.17, 15) is 9.00 Å². The van der Waals surface area contributed by atoms with Crippen LogP contribution in [0, 0.1) is 5.92 Å². The molecule has 0 aromatic heterocycles. The van der Waals surface area contributed by atoms with E-state index >= 15 is 0 Å². The van der Waals surface area contributed by atoms with E-state index in [-0.39, 0.29) is 12.3 Å². The first-order chi connectivity index (χ1) is 9.02. The fourth-order valence-electron chi connectivity index (χ4n) is 1.69. The Hall–Kier alpha value is -1.20. The number of nitrogens with one attached hydrogen (secondary N) is 1. The Bertz CT molecular complexity index is 447. The zero-order chi connectivity index (χ0) is 14.3. The van der Waals surface area contributed by atoms with Gasteiger partial charge in [-0.25, -0.2) is 0 Å². The molecule has 0 aliphatic carbocycles. The van der Waals surface area contributed by atoms with Gasteiger partial charge in [0.05, 0.1) is 0 Å². The summed E-state index contributed by atoms with van der Waals surface area (Å²) in [4.78, 5) is 11.8. The van der Waals surface area contributed by atoms with Crippen LogP contribution in [0.4, 0.5) is 5.69 Å². The maximum absolute atomic E-state index is 11.8. The molecule has 1 unspecified atom stereocenters. The van der Waals surface area contributed by atoms with Crippen LogP contribution in [0.15, 0.2) is 24.3 Å². The van der Waals surface area contributed by atoms with Crippen molar-refractivity contribution < 1.29 is 9.00 Å². The molecule has 0 aliphatic heterocycles. The second kappa shape index (κ2) is 8.07. The Morgan fingerprint density at radius 3 is 2.68 bits per heavy atom. The van der Waals surface area contributed by atoms with E-state index in [0.717, 1.165) is 11.3 Å². The smallest absolute Gasteiger partial charge is 0.225 e. The van der Waals surface area contributed by atoms with Gasteiger partial charge < -0.3 is 11.1 Å². The third-order valence-electron chi connectivity index (χ3n) is 2.59. The summed E-state index contributed by atoms with van der Waals surface area (Å²) in [7, 11) is -0.921. The van der Waals surface area contributed by atoms with Crippen LogP contribution in [0.2, 0.25) is 0 Å². The average Bonchev–Trinajstić information content (AvgIpc) is 2.36. The van der Waals surface area contributed by atoms with Crippen molar-refractivity contribution in [3.05, 3.63) is 29.8 Å². The van der Waals surface area contributed by atoms with Crippen molar-refractivity contribution in [1.82, 2.24) is 0 Å². The van der Waals surface area contributed by atoms with E-state index < -0.39 is 10.8 Å². The molecule has 0 aliphatic rings. The largest absolute Gasteiger partial charge is 0.326 e. The van der Waals surface area contributed by atoms with Crippen LogP contribution in [0.3, 0.4) is 0 Å². The molecule has 0 radical (unpaired) electrons. The molecule has 1 amide bonds. The lowest BCUT2D eigenvalue weighted by atomic mass is 10.2. The fraction of sp³-hybridized carbons (Fsp3) is 0.500. The Kier molecular flexibility index (Phi) is 6.73. The first kappa shape index (κ1) is 15.9. The van der Waals surface area contributed by atoms with Gasteiger partial charge in [0.25, 0.3) is 0 Å². The SMILES string of the molecule is CC(C)CS(=O)CCC(=O)Nc1ccccc1CN. The van der Waals surface area contributed by atoms with Gasteiger partial charge in [-0.3, -0.25) is 9.00 Å². The van der Waals surface area contributed by atoms with Gasteiger partial charge >= 0.3 is 0 Å². The van der Waals surface area contributed by atoms with Gasteiger partial charge in [-0.2, -0.15) is 0 Å². The molecule has 1 atom stereocenters. The summed E-state index contributed by atoms with van der Waals surface area (Å²) in [6.07, 6.45) is 0.276. The predicted octanol–water partition coefficient (Wildman–Crippen LogP) is 1.88. The number of hydrogen-bond donors (Lipinski definition) is 2. The number of para-hydroxylation sites is 1. The van der Waals surface area contributed by atoms with Crippen molar-refractivity contribution in [3.8, 4) is 0 Å². The predicted molar refractivity (Wildman–Crippen MR) is 80.3 cm³/mol. The summed E-state index contributed by atoms with van der Waals surface area (Å²) in [5.41, 5.74) is 7.25. The highest BCUT2D eigenvalue weighted by Gasteiger charge is 2.09. The number of carbonyl (C=O) groups excluding carboxylic acids is 1. The molecule has 3 N–H and O–H groups in total. The van der Waals surface area contributed by atoms with Gasteiger partial charge in [0.15, 0.2) is 0 Å². The molecule has 0 saturated carbocycles. The third kappa shape index (κ3) is 5.98. The number of benzene rings is 1. The second-order valence-corrected chi connectivity index (χ2v) is 6.49. The van der Waals surface area contributed by atoms with Gasteiger partial charge in [0.2, 0.25) is 5.91 Å². The maximum Gasteiger partial charge on any atom is 0.225 e. The van der Waals surface area contributed by atoms with E-state index in [1.54, 1.807) is 0 Å². The highest BCUT2D eigenvalue weighted by molar-refractivity contribution is 7.85. The standard InChI is InChI=1S/C14H22N2O2S/c1-11(2)10-19(18)8-7-14(17)16-13-6-4-3-5-12(13)9-15/h3-6,11H,7-10,15H2,1-2H3,(H,16,17). The minimum Gasteiger partial charge on any atom is -0.326 e. The highest BCUT2D eigenvalue weighted by atomic mass is 32.2. The van der Waals surface area contributed by atoms with Crippen LogP contribution in [-0.2, 0) is 22.1 Å². The van der Waals surface area contributed by atoms with Gasteiger partial charge in [-0.1, -0.05) is 32.0 Å². The molecule has 4 nitrogen and oxygen atoms in total. The Morgan fingerprint density at radius 2 is 2.05 bits per heavy atom. The molecular formula is C14H22N2O2S. The molecule has 1 aromatic rings. The van der Waals surface area contributed by atoms with Crippen molar-refractivity contribution in [1.29, 1.82) is 0 Å². The van der Waals surface area contributed by atoms with Crippen LogP contribution < -0.4 is 11.1 Å². The molecule has 1 aromatic carbocycles. The third-order valence-corrected chi connectivity index (χ3v) is 4.29. The quantitative estimate of drug-likeness (QED) is 0.802. The lowest BCUT2D eigenvalue weighted by molar-refractivity contribution is -0.115. The van der Waals surface area contributed by atoms with Crippen molar-refractivity contribution in [2.75, 3.05) is 16.8 Å². The van der Waals surface area contributed by atoms with Crippen LogP contribution in [-0.4, -0.2) is 21.6 Å². The van der Waals surface area contributed by atoms with Gasteiger partial charge in [-0.05, 0) is 17.5 Å². The lowest BCUT2D eigenvalue weighted by Gasteiger charge is -2.09. The minimum absolute atomic E-state index is 0.113. The summed E-state index contributed by atoms with van der Waals surface area (Å²) in [5, 5.41) is 2.82. The van der Waals surface area contributed by atoms with Crippen LogP contribution in [0.25, 0.3) is 0 Å². The maximum atomic E-state index is 11.8. The number of carbonyl (C=O) groups is 1. The summed E-state index contributed by atoms with van der Waals surface area (Å²) in [5.74, 6) is 1.33. The summed E-state index contributed by atoms with van der Waals surface area (Å²) in [6, 6.07) is 7.44. The van der Waals surface area contributed by atoms with E-state index in [0.29, 0.717) is 24.0 Å². The first-order valence-electron chi connectivity index (χ1n) is 6.45. The summed E-state index contributed by atoms with van der Waals surface area (Å²) in [6.45, 7) is 4.43. The van der Waals surface area contributed by atoms with Crippen LogP contribution >= 0.6 is 0 Å². The summed E-state index contributed by atoms with van der Waals surface area (Å²) < 4.78 is 11.6. The monoisotopic (exact) mass is 282 g/mol. The highest BCUT2D eigenvalue weighted by Crippen LogP contribution is 2.14. The first-order valence-corrected chi connectivity index (χ1v) is 7.94. The van der Waals surface area contributed by atoms with E-state index in [1.807, 2.05) is 38.1 Å². The van der Waals surface area contributed by atoms with E-state index in [2.05, 4.69) is 5.32 Å². The molecule has 0 saturated heterocycles. The van der Waals surface area contributed by atoms with Crippen LogP contribution in [0.5, 0.6) is 0 Å². The molecule has 0 bridgehead atoms. The lowest BCUT2D eigenvalue weighted by Crippen LogP contribution is -2.18. The number of hydrogen-bond acceptors (Lipinski definition) is 3. The Balaban J connectivity index is 2.45.